The molecule has 26 heavy (non-hydrogen) atoms. The van der Waals surface area contributed by atoms with Crippen molar-refractivity contribution in [1.29, 1.82) is 5.26 Å². The van der Waals surface area contributed by atoms with Gasteiger partial charge in [0.05, 0.1) is 30.5 Å². The normalized spacial score (nSPS) is 19.2. The van der Waals surface area contributed by atoms with Crippen LogP contribution >= 0.6 is 0 Å². The van der Waals surface area contributed by atoms with Crippen molar-refractivity contribution in [3.8, 4) is 17.6 Å². The molecule has 0 spiro atoms. The topological polar surface area (TPSA) is 93.5 Å². The van der Waals surface area contributed by atoms with Crippen molar-refractivity contribution in [1.82, 2.24) is 10.3 Å². The Bertz CT molecular complexity index is 759. The number of carbonyl (C=O) groups excluding carboxylic acids is 1. The van der Waals surface area contributed by atoms with E-state index < -0.39 is 0 Å². The molecule has 0 saturated carbocycles. The number of hydrogen-bond donors (Lipinski definition) is 1. The molecule has 0 radical (unpaired) electrons. The summed E-state index contributed by atoms with van der Waals surface area (Å²) in [6.45, 7) is 0.850. The Morgan fingerprint density at radius 3 is 2.88 bits per heavy atom. The molecule has 1 aromatic heterocycles. The van der Waals surface area contributed by atoms with Crippen molar-refractivity contribution in [2.75, 3.05) is 19.8 Å². The number of aromatic nitrogens is 1. The van der Waals surface area contributed by atoms with Crippen LogP contribution in [0.4, 0.5) is 0 Å². The summed E-state index contributed by atoms with van der Waals surface area (Å²) in [4.78, 5) is 16.1. The predicted molar refractivity (Wildman–Crippen MR) is 92.7 cm³/mol. The third-order valence-electron chi connectivity index (χ3n) is 3.93. The summed E-state index contributed by atoms with van der Waals surface area (Å²) in [6.07, 6.45) is 3.54. The van der Waals surface area contributed by atoms with Crippen LogP contribution in [-0.4, -0.2) is 42.9 Å². The summed E-state index contributed by atoms with van der Waals surface area (Å²) in [5.74, 6) is 0.944. The van der Waals surface area contributed by atoms with E-state index in [1.165, 1.54) is 0 Å². The maximum Gasteiger partial charge on any atom is 0.258 e. The van der Waals surface area contributed by atoms with Crippen LogP contribution in [0.15, 0.2) is 48.8 Å². The Kier molecular flexibility index (Phi) is 6.01. The molecule has 0 aliphatic carbocycles. The molecule has 1 aromatic carbocycles. The summed E-state index contributed by atoms with van der Waals surface area (Å²) in [6, 6.07) is 12.2. The first-order valence-electron chi connectivity index (χ1n) is 8.31. The summed E-state index contributed by atoms with van der Waals surface area (Å²) < 4.78 is 16.8. The number of carbonyl (C=O) groups is 1. The zero-order chi connectivity index (χ0) is 18.2. The van der Waals surface area contributed by atoms with E-state index in [1.807, 2.05) is 0 Å². The first-order chi connectivity index (χ1) is 12.7. The monoisotopic (exact) mass is 353 g/mol. The van der Waals surface area contributed by atoms with E-state index in [-0.39, 0.29) is 24.7 Å². The third kappa shape index (κ3) is 4.94. The standard InChI is InChI=1S/C19H19N3O4/c20-10-14-3-5-15(6-4-14)26-18-12-24-9-7-17(18)22-19(23)13-25-16-2-1-8-21-11-16/h1-6,8,11,17-18H,7,9,12-13H2,(H,22,23)/t17-,18-/m1/s1. The summed E-state index contributed by atoms with van der Waals surface area (Å²) in [5, 5.41) is 11.8. The van der Waals surface area contributed by atoms with Gasteiger partial charge in [-0.2, -0.15) is 5.26 Å². The highest BCUT2D eigenvalue weighted by Crippen LogP contribution is 2.18. The maximum absolute atomic E-state index is 12.2. The van der Waals surface area contributed by atoms with Crippen LogP contribution in [0.25, 0.3) is 0 Å². The Balaban J connectivity index is 1.54. The lowest BCUT2D eigenvalue weighted by molar-refractivity contribution is -0.126. The summed E-state index contributed by atoms with van der Waals surface area (Å²) in [5.41, 5.74) is 0.564. The van der Waals surface area contributed by atoms with Crippen LogP contribution in [0.2, 0.25) is 0 Å². The van der Waals surface area contributed by atoms with Gasteiger partial charge in [0, 0.05) is 12.8 Å². The predicted octanol–water partition coefficient (Wildman–Crippen LogP) is 1.68. The van der Waals surface area contributed by atoms with Gasteiger partial charge >= 0.3 is 0 Å². The molecule has 2 heterocycles. The molecule has 0 unspecified atom stereocenters. The Morgan fingerprint density at radius 2 is 2.15 bits per heavy atom. The van der Waals surface area contributed by atoms with Gasteiger partial charge in [-0.3, -0.25) is 9.78 Å². The van der Waals surface area contributed by atoms with Crippen molar-refractivity contribution in [3.05, 3.63) is 54.4 Å². The van der Waals surface area contributed by atoms with Crippen LogP contribution < -0.4 is 14.8 Å². The van der Waals surface area contributed by atoms with Crippen molar-refractivity contribution in [3.63, 3.8) is 0 Å². The zero-order valence-corrected chi connectivity index (χ0v) is 14.1. The van der Waals surface area contributed by atoms with Crippen molar-refractivity contribution >= 4 is 5.91 Å². The summed E-state index contributed by atoms with van der Waals surface area (Å²) >= 11 is 0. The van der Waals surface area contributed by atoms with Crippen molar-refractivity contribution in [2.45, 2.75) is 18.6 Å². The fourth-order valence-electron chi connectivity index (χ4n) is 2.61. The van der Waals surface area contributed by atoms with Gasteiger partial charge in [0.2, 0.25) is 0 Å². The minimum Gasteiger partial charge on any atom is -0.486 e. The highest BCUT2D eigenvalue weighted by Gasteiger charge is 2.29. The van der Waals surface area contributed by atoms with Crippen LogP contribution in [0.5, 0.6) is 11.5 Å². The van der Waals surface area contributed by atoms with E-state index in [1.54, 1.807) is 48.8 Å². The summed E-state index contributed by atoms with van der Waals surface area (Å²) in [7, 11) is 0. The van der Waals surface area contributed by atoms with Crippen molar-refractivity contribution < 1.29 is 19.0 Å². The lowest BCUT2D eigenvalue weighted by atomic mass is 10.1. The number of pyridine rings is 1. The van der Waals surface area contributed by atoms with Crippen LogP contribution in [-0.2, 0) is 9.53 Å². The molecule has 1 N–H and O–H groups in total. The number of nitrogens with one attached hydrogen (secondary N) is 1. The Labute approximate surface area is 151 Å². The molecule has 2 atom stereocenters. The van der Waals surface area contributed by atoms with Gasteiger partial charge in [0.25, 0.3) is 5.91 Å². The first-order valence-corrected chi connectivity index (χ1v) is 8.31. The average Bonchev–Trinajstić information content (AvgIpc) is 2.69. The van der Waals surface area contributed by atoms with Gasteiger partial charge in [0.1, 0.15) is 17.6 Å². The second-order valence-corrected chi connectivity index (χ2v) is 5.81. The maximum atomic E-state index is 12.2. The van der Waals surface area contributed by atoms with E-state index in [4.69, 9.17) is 19.5 Å². The minimum atomic E-state index is -0.306. The van der Waals surface area contributed by atoms with Gasteiger partial charge in [-0.1, -0.05) is 0 Å². The smallest absolute Gasteiger partial charge is 0.258 e. The first kappa shape index (κ1) is 17.7. The highest BCUT2D eigenvalue weighted by molar-refractivity contribution is 5.77. The largest absolute Gasteiger partial charge is 0.486 e. The van der Waals surface area contributed by atoms with E-state index in [0.717, 1.165) is 0 Å². The average molecular weight is 353 g/mol. The molecule has 7 nitrogen and oxygen atoms in total. The quantitative estimate of drug-likeness (QED) is 0.849. The molecule has 3 rings (SSSR count). The highest BCUT2D eigenvalue weighted by atomic mass is 16.5. The molecular weight excluding hydrogens is 334 g/mol. The van der Waals surface area contributed by atoms with Crippen LogP contribution in [0, 0.1) is 11.3 Å². The van der Waals surface area contributed by atoms with Gasteiger partial charge in [-0.15, -0.1) is 0 Å². The molecule has 1 fully saturated rings. The molecule has 134 valence electrons. The van der Waals surface area contributed by atoms with E-state index in [2.05, 4.69) is 16.4 Å². The number of nitrogens with zero attached hydrogens (tertiary/aromatic N) is 2. The second-order valence-electron chi connectivity index (χ2n) is 5.81. The van der Waals surface area contributed by atoms with E-state index in [0.29, 0.717) is 36.7 Å². The Hall–Kier alpha value is -3.11. The number of benzene rings is 1. The fourth-order valence-corrected chi connectivity index (χ4v) is 2.61. The molecule has 1 amide bonds. The number of rotatable bonds is 6. The Morgan fingerprint density at radius 1 is 1.31 bits per heavy atom. The van der Waals surface area contributed by atoms with Gasteiger partial charge in [-0.25, -0.2) is 0 Å². The van der Waals surface area contributed by atoms with Crippen molar-refractivity contribution in [2.24, 2.45) is 0 Å². The molecule has 2 aromatic rings. The fraction of sp³-hybridized carbons (Fsp3) is 0.316. The number of ether oxygens (including phenoxy) is 3. The molecule has 1 aliphatic rings. The third-order valence-corrected chi connectivity index (χ3v) is 3.93. The molecule has 1 aliphatic heterocycles. The van der Waals surface area contributed by atoms with Gasteiger partial charge in [-0.05, 0) is 42.8 Å². The number of hydrogen-bond acceptors (Lipinski definition) is 6. The second kappa shape index (κ2) is 8.83. The van der Waals surface area contributed by atoms with Crippen LogP contribution in [0.1, 0.15) is 12.0 Å². The van der Waals surface area contributed by atoms with E-state index in [9.17, 15) is 4.79 Å². The van der Waals surface area contributed by atoms with Gasteiger partial charge in [0.15, 0.2) is 6.61 Å². The number of nitriles is 1. The molecular formula is C19H19N3O4. The molecule has 1 saturated heterocycles. The lowest BCUT2D eigenvalue weighted by Gasteiger charge is -2.32. The van der Waals surface area contributed by atoms with E-state index >= 15 is 0 Å². The zero-order valence-electron chi connectivity index (χ0n) is 14.1. The molecule has 7 heteroatoms. The van der Waals surface area contributed by atoms with Gasteiger partial charge < -0.3 is 19.5 Å². The SMILES string of the molecule is N#Cc1ccc(O[C@@H]2COCC[C@H]2NC(=O)COc2cccnc2)cc1. The number of amides is 1. The molecule has 0 bridgehead atoms. The minimum absolute atomic E-state index is 0.0906. The van der Waals surface area contributed by atoms with Crippen LogP contribution in [0.3, 0.4) is 0 Å². The lowest BCUT2D eigenvalue weighted by Crippen LogP contribution is -2.52.